The topological polar surface area (TPSA) is 34.4 Å². The molecular weight excluding hydrogens is 332 g/mol. The van der Waals surface area contributed by atoms with E-state index in [2.05, 4.69) is 5.10 Å². The van der Waals surface area contributed by atoms with Crippen molar-refractivity contribution < 1.29 is 0 Å². The van der Waals surface area contributed by atoms with E-state index >= 15 is 0 Å². The SMILES string of the molecule is O=c1cc(-c2ccccc2)cc(-c2ccccc2)n1N=Cc1ccccc1. The number of rotatable bonds is 4. The standard InChI is InChI=1S/C24H18N2O/c27-24-17-22(20-12-6-2-7-13-20)16-23(21-14-8-3-9-15-21)26(24)25-18-19-10-4-1-5-11-19/h1-18H. The van der Waals surface area contributed by atoms with Gasteiger partial charge in [0.1, 0.15) is 0 Å². The van der Waals surface area contributed by atoms with Gasteiger partial charge in [0.25, 0.3) is 5.56 Å². The van der Waals surface area contributed by atoms with Crippen molar-refractivity contribution in [3.63, 3.8) is 0 Å². The van der Waals surface area contributed by atoms with Crippen molar-refractivity contribution in [2.45, 2.75) is 0 Å². The molecule has 3 heteroatoms. The molecule has 3 nitrogen and oxygen atoms in total. The first kappa shape index (κ1) is 16.7. The van der Waals surface area contributed by atoms with Gasteiger partial charge in [-0.3, -0.25) is 4.79 Å². The van der Waals surface area contributed by atoms with Crippen LogP contribution in [0.4, 0.5) is 0 Å². The molecule has 0 aliphatic heterocycles. The summed E-state index contributed by atoms with van der Waals surface area (Å²) in [5.74, 6) is 0. The molecule has 4 aromatic rings. The van der Waals surface area contributed by atoms with Crippen molar-refractivity contribution >= 4 is 6.21 Å². The number of hydrogen-bond donors (Lipinski definition) is 0. The van der Waals surface area contributed by atoms with Crippen molar-refractivity contribution in [2.24, 2.45) is 5.10 Å². The first-order valence-corrected chi connectivity index (χ1v) is 8.78. The van der Waals surface area contributed by atoms with Gasteiger partial charge < -0.3 is 0 Å². The summed E-state index contributed by atoms with van der Waals surface area (Å²) in [6.07, 6.45) is 1.70. The number of benzene rings is 3. The minimum atomic E-state index is -0.164. The summed E-state index contributed by atoms with van der Waals surface area (Å²) < 4.78 is 1.45. The van der Waals surface area contributed by atoms with Crippen LogP contribution < -0.4 is 5.56 Å². The van der Waals surface area contributed by atoms with Crippen LogP contribution in [0.1, 0.15) is 5.56 Å². The van der Waals surface area contributed by atoms with Crippen LogP contribution in [0.5, 0.6) is 0 Å². The van der Waals surface area contributed by atoms with Crippen LogP contribution in [0.2, 0.25) is 0 Å². The quantitative estimate of drug-likeness (QED) is 0.474. The highest BCUT2D eigenvalue weighted by atomic mass is 16.1. The molecule has 0 bridgehead atoms. The van der Waals surface area contributed by atoms with E-state index in [1.165, 1.54) is 4.68 Å². The van der Waals surface area contributed by atoms with Crippen LogP contribution in [0.15, 0.2) is 113 Å². The molecule has 0 aliphatic carbocycles. The molecule has 1 heterocycles. The highest BCUT2D eigenvalue weighted by Gasteiger charge is 2.09. The Morgan fingerprint density at radius 1 is 0.630 bits per heavy atom. The van der Waals surface area contributed by atoms with E-state index in [9.17, 15) is 4.79 Å². The van der Waals surface area contributed by atoms with Gasteiger partial charge in [0, 0.05) is 11.6 Å². The molecule has 0 saturated carbocycles. The molecule has 0 N–H and O–H groups in total. The maximum absolute atomic E-state index is 12.9. The molecule has 0 saturated heterocycles. The lowest BCUT2D eigenvalue weighted by Crippen LogP contribution is -2.17. The van der Waals surface area contributed by atoms with Crippen LogP contribution in [0, 0.1) is 0 Å². The predicted octanol–water partition coefficient (Wildman–Crippen LogP) is 5.06. The third kappa shape index (κ3) is 3.77. The lowest BCUT2D eigenvalue weighted by Gasteiger charge is -2.11. The number of aromatic nitrogens is 1. The van der Waals surface area contributed by atoms with E-state index < -0.39 is 0 Å². The third-order valence-corrected chi connectivity index (χ3v) is 4.31. The molecule has 0 unspecified atom stereocenters. The third-order valence-electron chi connectivity index (χ3n) is 4.31. The highest BCUT2D eigenvalue weighted by Crippen LogP contribution is 2.24. The molecule has 0 amide bonds. The van der Waals surface area contributed by atoms with E-state index in [4.69, 9.17) is 0 Å². The van der Waals surface area contributed by atoms with Crippen LogP contribution in [-0.2, 0) is 0 Å². The van der Waals surface area contributed by atoms with Gasteiger partial charge in [-0.1, -0.05) is 91.0 Å². The Bertz CT molecular complexity index is 1120. The smallest absolute Gasteiger partial charge is 0.267 e. The van der Waals surface area contributed by atoms with Gasteiger partial charge in [0.15, 0.2) is 0 Å². The molecule has 130 valence electrons. The molecule has 27 heavy (non-hydrogen) atoms. The van der Waals surface area contributed by atoms with Crippen molar-refractivity contribution in [1.29, 1.82) is 0 Å². The maximum Gasteiger partial charge on any atom is 0.272 e. The van der Waals surface area contributed by atoms with Gasteiger partial charge in [-0.2, -0.15) is 9.78 Å². The van der Waals surface area contributed by atoms with E-state index in [0.29, 0.717) is 0 Å². The molecule has 0 radical (unpaired) electrons. The Balaban J connectivity index is 1.87. The largest absolute Gasteiger partial charge is 0.272 e. The fourth-order valence-corrected chi connectivity index (χ4v) is 2.96. The maximum atomic E-state index is 12.9. The van der Waals surface area contributed by atoms with Gasteiger partial charge in [0.05, 0.1) is 11.9 Å². The number of pyridine rings is 1. The van der Waals surface area contributed by atoms with E-state index in [1.54, 1.807) is 12.3 Å². The highest BCUT2D eigenvalue weighted by molar-refractivity contribution is 5.80. The summed E-state index contributed by atoms with van der Waals surface area (Å²) in [5.41, 5.74) is 4.36. The summed E-state index contributed by atoms with van der Waals surface area (Å²) in [6, 6.07) is 33.1. The second-order valence-corrected chi connectivity index (χ2v) is 6.17. The van der Waals surface area contributed by atoms with Crippen molar-refractivity contribution in [3.05, 3.63) is 119 Å². The van der Waals surface area contributed by atoms with E-state index in [-0.39, 0.29) is 5.56 Å². The molecule has 0 atom stereocenters. The van der Waals surface area contributed by atoms with E-state index in [0.717, 1.165) is 27.9 Å². The average Bonchev–Trinajstić information content (AvgIpc) is 2.74. The molecule has 1 aromatic heterocycles. The van der Waals surface area contributed by atoms with Gasteiger partial charge in [-0.25, -0.2) is 0 Å². The fraction of sp³-hybridized carbons (Fsp3) is 0. The lowest BCUT2D eigenvalue weighted by molar-refractivity contribution is 0.843. The summed E-state index contributed by atoms with van der Waals surface area (Å²) in [7, 11) is 0. The Morgan fingerprint density at radius 2 is 1.19 bits per heavy atom. The second-order valence-electron chi connectivity index (χ2n) is 6.17. The lowest BCUT2D eigenvalue weighted by atomic mass is 10.0. The first-order valence-electron chi connectivity index (χ1n) is 8.78. The Labute approximate surface area is 157 Å². The second kappa shape index (κ2) is 7.67. The minimum absolute atomic E-state index is 0.164. The molecule has 4 rings (SSSR count). The molecule has 0 fully saturated rings. The number of hydrogen-bond acceptors (Lipinski definition) is 2. The van der Waals surface area contributed by atoms with Gasteiger partial charge in [0.2, 0.25) is 0 Å². The first-order chi connectivity index (χ1) is 13.3. The Morgan fingerprint density at radius 3 is 1.81 bits per heavy atom. The van der Waals surface area contributed by atoms with Gasteiger partial charge in [-0.15, -0.1) is 0 Å². The molecule has 0 aliphatic rings. The average molecular weight is 350 g/mol. The van der Waals surface area contributed by atoms with Crippen molar-refractivity contribution in [3.8, 4) is 22.4 Å². The zero-order valence-corrected chi connectivity index (χ0v) is 14.7. The Hall–Kier alpha value is -3.72. The van der Waals surface area contributed by atoms with Gasteiger partial charge in [-0.05, 0) is 22.8 Å². The molecule has 0 spiro atoms. The van der Waals surface area contributed by atoms with Crippen LogP contribution in [0.25, 0.3) is 22.4 Å². The molecular formula is C24H18N2O. The van der Waals surface area contributed by atoms with Gasteiger partial charge >= 0.3 is 0 Å². The van der Waals surface area contributed by atoms with Crippen molar-refractivity contribution in [2.75, 3.05) is 0 Å². The fourth-order valence-electron chi connectivity index (χ4n) is 2.96. The molecule has 3 aromatic carbocycles. The normalized spacial score (nSPS) is 11.0. The predicted molar refractivity (Wildman–Crippen MR) is 111 cm³/mol. The monoisotopic (exact) mass is 350 g/mol. The van der Waals surface area contributed by atoms with E-state index in [1.807, 2.05) is 97.1 Å². The number of nitrogens with zero attached hydrogens (tertiary/aromatic N) is 2. The summed E-state index contributed by atoms with van der Waals surface area (Å²) in [5, 5.41) is 4.47. The van der Waals surface area contributed by atoms with Crippen molar-refractivity contribution in [1.82, 2.24) is 4.68 Å². The van der Waals surface area contributed by atoms with Crippen LogP contribution in [0.3, 0.4) is 0 Å². The zero-order chi connectivity index (χ0) is 18.5. The van der Waals surface area contributed by atoms with Crippen LogP contribution >= 0.6 is 0 Å². The zero-order valence-electron chi connectivity index (χ0n) is 14.7. The van der Waals surface area contributed by atoms with Crippen LogP contribution in [-0.4, -0.2) is 10.9 Å². The Kier molecular flexibility index (Phi) is 4.75. The summed E-state index contributed by atoms with van der Waals surface area (Å²) in [4.78, 5) is 12.9. The minimum Gasteiger partial charge on any atom is -0.267 e. The summed E-state index contributed by atoms with van der Waals surface area (Å²) in [6.45, 7) is 0. The summed E-state index contributed by atoms with van der Waals surface area (Å²) >= 11 is 0.